The Hall–Kier alpha value is -3.02. The van der Waals surface area contributed by atoms with E-state index >= 15 is 0 Å². The van der Waals surface area contributed by atoms with Gasteiger partial charge < -0.3 is 9.47 Å². The predicted octanol–water partition coefficient (Wildman–Crippen LogP) is 6.63. The molecule has 2 nitrogen and oxygen atoms in total. The Labute approximate surface area is 186 Å². The maximum absolute atomic E-state index is 5.93. The fourth-order valence-electron chi connectivity index (χ4n) is 4.09. The van der Waals surface area contributed by atoms with Crippen LogP contribution >= 0.6 is 0 Å². The van der Waals surface area contributed by atoms with E-state index in [2.05, 4.69) is 36.1 Å². The van der Waals surface area contributed by atoms with Gasteiger partial charge in [-0.05, 0) is 86.4 Å². The Bertz CT molecular complexity index is 960. The van der Waals surface area contributed by atoms with E-state index in [0.29, 0.717) is 12.9 Å². The molecule has 0 unspecified atom stereocenters. The van der Waals surface area contributed by atoms with Crippen LogP contribution in [-0.4, -0.2) is 12.9 Å². The second-order valence-corrected chi connectivity index (χ2v) is 8.24. The van der Waals surface area contributed by atoms with E-state index in [-0.39, 0.29) is 0 Å². The zero-order valence-electron chi connectivity index (χ0n) is 18.0. The summed E-state index contributed by atoms with van der Waals surface area (Å²) in [5, 5.41) is 0. The average Bonchev–Trinajstić information content (AvgIpc) is 2.84. The maximum atomic E-state index is 5.93. The average molecular weight is 411 g/mol. The molecule has 4 rings (SSSR count). The highest BCUT2D eigenvalue weighted by atomic mass is 16.7. The molecule has 1 fully saturated rings. The SMILES string of the molecule is C(#Cc1ccc(CCC2CCC(OCOc3ccccc3)CC2)cc1)c1ccccc1. The van der Waals surface area contributed by atoms with Crippen molar-refractivity contribution >= 4 is 0 Å². The van der Waals surface area contributed by atoms with Crippen molar-refractivity contribution in [2.45, 2.75) is 44.6 Å². The van der Waals surface area contributed by atoms with Gasteiger partial charge in [0, 0.05) is 11.1 Å². The van der Waals surface area contributed by atoms with Gasteiger partial charge in [0.25, 0.3) is 0 Å². The zero-order chi connectivity index (χ0) is 21.1. The number of benzene rings is 3. The molecule has 1 aliphatic carbocycles. The second kappa shape index (κ2) is 11.4. The summed E-state index contributed by atoms with van der Waals surface area (Å²) in [4.78, 5) is 0. The first-order valence-electron chi connectivity index (χ1n) is 11.3. The number of rotatable bonds is 7. The summed E-state index contributed by atoms with van der Waals surface area (Å²) in [6.45, 7) is 0.346. The molecule has 1 aliphatic rings. The topological polar surface area (TPSA) is 18.5 Å². The van der Waals surface area contributed by atoms with Gasteiger partial charge in [0.05, 0.1) is 6.10 Å². The van der Waals surface area contributed by atoms with Crippen LogP contribution < -0.4 is 4.74 Å². The molecule has 0 aliphatic heterocycles. The number of aryl methyl sites for hydroxylation is 1. The Morgan fingerprint density at radius 3 is 1.97 bits per heavy atom. The quantitative estimate of drug-likeness (QED) is 0.321. The lowest BCUT2D eigenvalue weighted by Crippen LogP contribution is -2.23. The minimum absolute atomic E-state index is 0.336. The van der Waals surface area contributed by atoms with Crippen molar-refractivity contribution in [1.82, 2.24) is 0 Å². The lowest BCUT2D eigenvalue weighted by atomic mass is 9.84. The fraction of sp³-hybridized carbons (Fsp3) is 0.310. The first kappa shape index (κ1) is 21.2. The van der Waals surface area contributed by atoms with Crippen LogP contribution in [0.15, 0.2) is 84.9 Å². The van der Waals surface area contributed by atoms with Gasteiger partial charge in [0.1, 0.15) is 5.75 Å². The fourth-order valence-corrected chi connectivity index (χ4v) is 4.09. The van der Waals surface area contributed by atoms with Crippen LogP contribution in [0.5, 0.6) is 5.75 Å². The van der Waals surface area contributed by atoms with Gasteiger partial charge in [-0.2, -0.15) is 0 Å². The standard InChI is InChI=1S/C29H30O2/c1-3-7-24(8-4-1)11-12-25-13-15-26(16-14-25)17-18-27-19-21-29(22-20-27)31-23-30-28-9-5-2-6-10-28/h1-10,13-16,27,29H,17-23H2. The first-order chi connectivity index (χ1) is 15.3. The van der Waals surface area contributed by atoms with Gasteiger partial charge in [-0.1, -0.05) is 60.4 Å². The van der Waals surface area contributed by atoms with Gasteiger partial charge in [-0.25, -0.2) is 0 Å². The Morgan fingerprint density at radius 1 is 0.677 bits per heavy atom. The van der Waals surface area contributed by atoms with Crippen LogP contribution in [-0.2, 0) is 11.2 Å². The molecule has 0 radical (unpaired) electrons. The minimum atomic E-state index is 0.336. The molecule has 0 spiro atoms. The van der Waals surface area contributed by atoms with Crippen LogP contribution in [0, 0.1) is 17.8 Å². The molecular weight excluding hydrogens is 380 g/mol. The van der Waals surface area contributed by atoms with Gasteiger partial charge >= 0.3 is 0 Å². The lowest BCUT2D eigenvalue weighted by molar-refractivity contribution is -0.0552. The largest absolute Gasteiger partial charge is 0.468 e. The molecule has 0 heterocycles. The van der Waals surface area contributed by atoms with E-state index < -0.39 is 0 Å². The van der Waals surface area contributed by atoms with E-state index in [1.807, 2.05) is 60.7 Å². The Kier molecular flexibility index (Phi) is 7.80. The first-order valence-corrected chi connectivity index (χ1v) is 11.3. The van der Waals surface area contributed by atoms with Crippen molar-refractivity contribution in [3.8, 4) is 17.6 Å². The minimum Gasteiger partial charge on any atom is -0.468 e. The molecule has 0 atom stereocenters. The van der Waals surface area contributed by atoms with E-state index in [9.17, 15) is 0 Å². The third kappa shape index (κ3) is 7.02. The molecule has 0 amide bonds. The van der Waals surface area contributed by atoms with E-state index in [4.69, 9.17) is 9.47 Å². The molecule has 0 aromatic heterocycles. The summed E-state index contributed by atoms with van der Waals surface area (Å²) in [6.07, 6.45) is 7.49. The summed E-state index contributed by atoms with van der Waals surface area (Å²) < 4.78 is 11.6. The molecule has 158 valence electrons. The summed E-state index contributed by atoms with van der Waals surface area (Å²) >= 11 is 0. The summed E-state index contributed by atoms with van der Waals surface area (Å²) in [7, 11) is 0. The van der Waals surface area contributed by atoms with Crippen molar-refractivity contribution in [3.05, 3.63) is 102 Å². The molecule has 3 aromatic carbocycles. The van der Waals surface area contributed by atoms with Crippen molar-refractivity contribution in [2.75, 3.05) is 6.79 Å². The highest BCUT2D eigenvalue weighted by Crippen LogP contribution is 2.29. The van der Waals surface area contributed by atoms with Crippen molar-refractivity contribution < 1.29 is 9.47 Å². The molecule has 1 saturated carbocycles. The van der Waals surface area contributed by atoms with Crippen molar-refractivity contribution in [1.29, 1.82) is 0 Å². The van der Waals surface area contributed by atoms with Crippen LogP contribution in [0.1, 0.15) is 48.8 Å². The molecule has 2 heteroatoms. The molecule has 3 aromatic rings. The maximum Gasteiger partial charge on any atom is 0.189 e. The van der Waals surface area contributed by atoms with E-state index in [0.717, 1.165) is 42.1 Å². The third-order valence-electron chi connectivity index (χ3n) is 5.99. The van der Waals surface area contributed by atoms with Crippen molar-refractivity contribution in [2.24, 2.45) is 5.92 Å². The van der Waals surface area contributed by atoms with Gasteiger partial charge in [0.2, 0.25) is 0 Å². The summed E-state index contributed by atoms with van der Waals surface area (Å²) in [6, 6.07) is 28.7. The number of hydrogen-bond acceptors (Lipinski definition) is 2. The smallest absolute Gasteiger partial charge is 0.189 e. The molecule has 0 bridgehead atoms. The van der Waals surface area contributed by atoms with Gasteiger partial charge in [0.15, 0.2) is 6.79 Å². The Balaban J connectivity index is 1.15. The van der Waals surface area contributed by atoms with E-state index in [1.54, 1.807) is 0 Å². The number of para-hydroxylation sites is 1. The molecular formula is C29H30O2. The van der Waals surface area contributed by atoms with Gasteiger partial charge in [-0.15, -0.1) is 0 Å². The third-order valence-corrected chi connectivity index (χ3v) is 5.99. The molecule has 0 saturated heterocycles. The summed E-state index contributed by atoms with van der Waals surface area (Å²) in [5.74, 6) is 8.14. The van der Waals surface area contributed by atoms with Gasteiger partial charge in [-0.3, -0.25) is 0 Å². The molecule has 31 heavy (non-hydrogen) atoms. The highest BCUT2D eigenvalue weighted by Gasteiger charge is 2.21. The monoisotopic (exact) mass is 410 g/mol. The lowest BCUT2D eigenvalue weighted by Gasteiger charge is -2.28. The van der Waals surface area contributed by atoms with Crippen molar-refractivity contribution in [3.63, 3.8) is 0 Å². The zero-order valence-corrected chi connectivity index (χ0v) is 18.0. The van der Waals surface area contributed by atoms with Crippen LogP contribution in [0.4, 0.5) is 0 Å². The van der Waals surface area contributed by atoms with E-state index in [1.165, 1.54) is 24.8 Å². The van der Waals surface area contributed by atoms with Crippen LogP contribution in [0.25, 0.3) is 0 Å². The van der Waals surface area contributed by atoms with Crippen LogP contribution in [0.2, 0.25) is 0 Å². The molecule has 0 N–H and O–H groups in total. The highest BCUT2D eigenvalue weighted by molar-refractivity contribution is 5.43. The summed E-state index contributed by atoms with van der Waals surface area (Å²) in [5.41, 5.74) is 3.53. The normalized spacial score (nSPS) is 18.1. The second-order valence-electron chi connectivity index (χ2n) is 8.24. The predicted molar refractivity (Wildman–Crippen MR) is 126 cm³/mol. The van der Waals surface area contributed by atoms with Crippen LogP contribution in [0.3, 0.4) is 0 Å². The Morgan fingerprint density at radius 2 is 1.29 bits per heavy atom. The number of ether oxygens (including phenoxy) is 2. The number of hydrogen-bond donors (Lipinski definition) is 0.